The fourth-order valence-corrected chi connectivity index (χ4v) is 2.25. The van der Waals surface area contributed by atoms with Crippen molar-refractivity contribution in [2.75, 3.05) is 6.61 Å². The van der Waals surface area contributed by atoms with Crippen LogP contribution in [0.5, 0.6) is 0 Å². The van der Waals surface area contributed by atoms with Gasteiger partial charge in [-0.25, -0.2) is 8.42 Å². The van der Waals surface area contributed by atoms with Gasteiger partial charge in [-0.3, -0.25) is 4.18 Å². The van der Waals surface area contributed by atoms with Gasteiger partial charge < -0.3 is 4.55 Å². The van der Waals surface area contributed by atoms with E-state index in [1.165, 1.54) is 51.4 Å². The van der Waals surface area contributed by atoms with E-state index in [1.54, 1.807) is 0 Å². The molecule has 0 aromatic carbocycles. The fourth-order valence-electron chi connectivity index (χ4n) is 1.93. The summed E-state index contributed by atoms with van der Waals surface area (Å²) in [6, 6.07) is 0. The van der Waals surface area contributed by atoms with Crippen molar-refractivity contribution >= 4 is 10.4 Å². The first-order valence-corrected chi connectivity index (χ1v) is 8.50. The minimum atomic E-state index is -4.49. The van der Waals surface area contributed by atoms with Gasteiger partial charge >= 0.3 is 29.6 Å². The molecule has 0 aromatic heterocycles. The number of unbranched alkanes of at least 4 members (excludes halogenated alkanes) is 10. The molecule has 0 N–H and O–H groups in total. The molecule has 0 aliphatic carbocycles. The Morgan fingerprint density at radius 2 is 1.16 bits per heavy atom. The molecule has 0 saturated heterocycles. The summed E-state index contributed by atoms with van der Waals surface area (Å²) < 4.78 is 34.5. The average molecular weight is 302 g/mol. The third-order valence-corrected chi connectivity index (χ3v) is 3.43. The summed E-state index contributed by atoms with van der Waals surface area (Å²) in [5, 5.41) is 0. The van der Waals surface area contributed by atoms with E-state index in [0.29, 0.717) is 6.42 Å². The van der Waals surface area contributed by atoms with Crippen LogP contribution >= 0.6 is 0 Å². The van der Waals surface area contributed by atoms with Crippen LogP contribution in [0.15, 0.2) is 0 Å². The van der Waals surface area contributed by atoms with E-state index in [1.807, 2.05) is 0 Å². The standard InChI is InChI=1S/C13H28O4S.Na/c1-2-3-4-5-6-7-8-9-10-11-12-13-17-18(14,15)16;/h2-13H2,1H3,(H,14,15,16);/q;+1/p-1. The maximum Gasteiger partial charge on any atom is 1.00 e. The first-order chi connectivity index (χ1) is 8.56. The van der Waals surface area contributed by atoms with Crippen LogP contribution in [0.4, 0.5) is 0 Å². The molecule has 0 rings (SSSR count). The Labute approximate surface area is 140 Å². The minimum Gasteiger partial charge on any atom is -0.726 e. The summed E-state index contributed by atoms with van der Waals surface area (Å²) in [5.74, 6) is 0. The summed E-state index contributed by atoms with van der Waals surface area (Å²) in [7, 11) is -4.49. The summed E-state index contributed by atoms with van der Waals surface area (Å²) in [5.41, 5.74) is 0. The van der Waals surface area contributed by atoms with Crippen LogP contribution in [0.25, 0.3) is 0 Å². The zero-order chi connectivity index (χ0) is 13.7. The molecule has 19 heavy (non-hydrogen) atoms. The Kier molecular flexibility index (Phi) is 17.8. The monoisotopic (exact) mass is 302 g/mol. The summed E-state index contributed by atoms with van der Waals surface area (Å²) in [6.07, 6.45) is 13.1. The van der Waals surface area contributed by atoms with Crippen molar-refractivity contribution < 1.29 is 46.7 Å². The number of rotatable bonds is 13. The van der Waals surface area contributed by atoms with Gasteiger partial charge in [0.05, 0.1) is 6.61 Å². The summed E-state index contributed by atoms with van der Waals surface area (Å²) >= 11 is 0. The van der Waals surface area contributed by atoms with Crippen molar-refractivity contribution in [3.8, 4) is 0 Å². The Balaban J connectivity index is 0. The SMILES string of the molecule is CCCCCCCCCCCCCOS(=O)(=O)[O-].[Na+]. The van der Waals surface area contributed by atoms with Gasteiger partial charge in [0.25, 0.3) is 0 Å². The molecular weight excluding hydrogens is 275 g/mol. The molecular formula is C13H27NaO4S. The second-order valence-corrected chi connectivity index (χ2v) is 5.82. The third kappa shape index (κ3) is 21.3. The van der Waals surface area contributed by atoms with E-state index < -0.39 is 10.4 Å². The van der Waals surface area contributed by atoms with Gasteiger partial charge in [0.2, 0.25) is 10.4 Å². The van der Waals surface area contributed by atoms with Gasteiger partial charge in [0.1, 0.15) is 0 Å². The van der Waals surface area contributed by atoms with Crippen LogP contribution < -0.4 is 29.6 Å². The Bertz CT molecular complexity index is 268. The Hall–Kier alpha value is 0.870. The second-order valence-electron chi connectivity index (χ2n) is 4.77. The average Bonchev–Trinajstić information content (AvgIpc) is 2.29. The van der Waals surface area contributed by atoms with E-state index in [4.69, 9.17) is 0 Å². The molecule has 0 bridgehead atoms. The van der Waals surface area contributed by atoms with Crippen molar-refractivity contribution in [2.45, 2.75) is 77.6 Å². The number of hydrogen-bond acceptors (Lipinski definition) is 4. The molecule has 0 aromatic rings. The van der Waals surface area contributed by atoms with E-state index in [-0.39, 0.29) is 36.2 Å². The molecule has 0 saturated carbocycles. The van der Waals surface area contributed by atoms with E-state index >= 15 is 0 Å². The second kappa shape index (κ2) is 15.3. The van der Waals surface area contributed by atoms with Crippen molar-refractivity contribution in [1.29, 1.82) is 0 Å². The van der Waals surface area contributed by atoms with Gasteiger partial charge in [0, 0.05) is 0 Å². The van der Waals surface area contributed by atoms with Crippen LogP contribution in [-0.4, -0.2) is 19.6 Å². The maximum atomic E-state index is 10.1. The molecule has 4 nitrogen and oxygen atoms in total. The van der Waals surface area contributed by atoms with Gasteiger partial charge in [-0.1, -0.05) is 71.1 Å². The van der Waals surface area contributed by atoms with Crippen molar-refractivity contribution in [2.24, 2.45) is 0 Å². The zero-order valence-corrected chi connectivity index (χ0v) is 15.3. The molecule has 0 unspecified atom stereocenters. The molecule has 0 heterocycles. The van der Waals surface area contributed by atoms with Gasteiger partial charge in [0.15, 0.2) is 0 Å². The van der Waals surface area contributed by atoms with E-state index in [2.05, 4.69) is 11.1 Å². The first kappa shape index (κ1) is 22.2. The Morgan fingerprint density at radius 1 is 0.789 bits per heavy atom. The Morgan fingerprint density at radius 3 is 1.53 bits per heavy atom. The van der Waals surface area contributed by atoms with Crippen LogP contribution in [0.1, 0.15) is 77.6 Å². The maximum absolute atomic E-state index is 10.1. The third-order valence-electron chi connectivity index (χ3n) is 2.98. The van der Waals surface area contributed by atoms with Gasteiger partial charge in [-0.2, -0.15) is 0 Å². The predicted molar refractivity (Wildman–Crippen MR) is 72.1 cm³/mol. The van der Waals surface area contributed by atoms with E-state index in [9.17, 15) is 13.0 Å². The molecule has 110 valence electrons. The quantitative estimate of drug-likeness (QED) is 0.218. The topological polar surface area (TPSA) is 66.4 Å². The van der Waals surface area contributed by atoms with Crippen LogP contribution in [0.2, 0.25) is 0 Å². The smallest absolute Gasteiger partial charge is 0.726 e. The molecule has 0 aliphatic rings. The summed E-state index contributed by atoms with van der Waals surface area (Å²) in [4.78, 5) is 0. The van der Waals surface area contributed by atoms with Crippen LogP contribution in [0.3, 0.4) is 0 Å². The molecule has 0 fully saturated rings. The number of hydrogen-bond donors (Lipinski definition) is 0. The molecule has 0 radical (unpaired) electrons. The van der Waals surface area contributed by atoms with Gasteiger partial charge in [-0.05, 0) is 6.42 Å². The molecule has 6 heteroatoms. The zero-order valence-electron chi connectivity index (χ0n) is 12.5. The van der Waals surface area contributed by atoms with Crippen molar-refractivity contribution in [3.05, 3.63) is 0 Å². The summed E-state index contributed by atoms with van der Waals surface area (Å²) in [6.45, 7) is 2.25. The normalized spacial score (nSPS) is 11.3. The first-order valence-electron chi connectivity index (χ1n) is 7.16. The molecule has 0 spiro atoms. The molecule has 0 amide bonds. The fraction of sp³-hybridized carbons (Fsp3) is 1.00. The van der Waals surface area contributed by atoms with Crippen LogP contribution in [0, 0.1) is 0 Å². The van der Waals surface area contributed by atoms with Crippen molar-refractivity contribution in [3.63, 3.8) is 0 Å². The predicted octanol–water partition coefficient (Wildman–Crippen LogP) is 0.778. The minimum absolute atomic E-state index is 0. The van der Waals surface area contributed by atoms with Crippen LogP contribution in [-0.2, 0) is 14.6 Å². The molecule has 0 aliphatic heterocycles. The van der Waals surface area contributed by atoms with Crippen molar-refractivity contribution in [1.82, 2.24) is 0 Å². The van der Waals surface area contributed by atoms with E-state index in [0.717, 1.165) is 12.8 Å². The largest absolute Gasteiger partial charge is 1.00 e. The van der Waals surface area contributed by atoms with Gasteiger partial charge in [-0.15, -0.1) is 0 Å². The molecule has 0 atom stereocenters.